The van der Waals surface area contributed by atoms with Gasteiger partial charge >= 0.3 is 0 Å². The Morgan fingerprint density at radius 2 is 2.07 bits per heavy atom. The van der Waals surface area contributed by atoms with Gasteiger partial charge in [-0.2, -0.15) is 5.10 Å². The van der Waals surface area contributed by atoms with Crippen molar-refractivity contribution in [2.75, 3.05) is 13.1 Å². The average Bonchev–Trinajstić information content (AvgIpc) is 3.06. The highest BCUT2D eigenvalue weighted by atomic mass is 16.5. The molecule has 5 heterocycles. The molecule has 2 bridgehead atoms. The van der Waals surface area contributed by atoms with Crippen molar-refractivity contribution in [2.45, 2.75) is 52.6 Å². The third-order valence-corrected chi connectivity index (χ3v) is 6.10. The van der Waals surface area contributed by atoms with Crippen LogP contribution in [-0.2, 0) is 24.8 Å². The summed E-state index contributed by atoms with van der Waals surface area (Å²) in [5.41, 5.74) is 3.28. The highest BCUT2D eigenvalue weighted by Crippen LogP contribution is 2.32. The predicted molar refractivity (Wildman–Crippen MR) is 102 cm³/mol. The Hall–Kier alpha value is -2.64. The van der Waals surface area contributed by atoms with Gasteiger partial charge in [0.15, 0.2) is 0 Å². The van der Waals surface area contributed by atoms with E-state index in [0.717, 1.165) is 42.0 Å². The smallest absolute Gasteiger partial charge is 0.272 e. The Morgan fingerprint density at radius 3 is 2.71 bits per heavy atom. The van der Waals surface area contributed by atoms with E-state index in [4.69, 9.17) is 4.52 Å². The lowest BCUT2D eigenvalue weighted by Gasteiger charge is -2.35. The maximum atomic E-state index is 13.2. The molecule has 0 spiro atoms. The number of fused-ring (bicyclic) bond motifs is 4. The van der Waals surface area contributed by atoms with E-state index in [9.17, 15) is 9.59 Å². The number of amides is 2. The molecule has 0 aliphatic carbocycles. The van der Waals surface area contributed by atoms with E-state index < -0.39 is 0 Å². The van der Waals surface area contributed by atoms with Crippen molar-refractivity contribution >= 4 is 11.8 Å². The Morgan fingerprint density at radius 1 is 1.29 bits per heavy atom. The van der Waals surface area contributed by atoms with Gasteiger partial charge in [0, 0.05) is 31.7 Å². The minimum atomic E-state index is -0.151. The third kappa shape index (κ3) is 3.10. The van der Waals surface area contributed by atoms with Gasteiger partial charge in [0.05, 0.1) is 23.9 Å². The van der Waals surface area contributed by atoms with Gasteiger partial charge in [0.25, 0.3) is 5.91 Å². The number of rotatable bonds is 4. The topological polar surface area (TPSA) is 84.5 Å². The quantitative estimate of drug-likeness (QED) is 0.802. The van der Waals surface area contributed by atoms with E-state index in [2.05, 4.69) is 10.3 Å². The van der Waals surface area contributed by atoms with Crippen LogP contribution in [0.15, 0.2) is 10.6 Å². The summed E-state index contributed by atoms with van der Waals surface area (Å²) in [6.07, 6.45) is 2.53. The first kappa shape index (κ1) is 18.7. The van der Waals surface area contributed by atoms with Gasteiger partial charge < -0.3 is 14.3 Å². The van der Waals surface area contributed by atoms with E-state index in [-0.39, 0.29) is 23.8 Å². The molecule has 2 atom stereocenters. The van der Waals surface area contributed by atoms with Crippen molar-refractivity contribution in [3.8, 4) is 0 Å². The van der Waals surface area contributed by atoms with Gasteiger partial charge in [0.2, 0.25) is 5.91 Å². The Balaban J connectivity index is 1.58. The predicted octanol–water partition coefficient (Wildman–Crippen LogP) is 1.85. The molecular weight excluding hydrogens is 358 g/mol. The number of piperidine rings is 1. The van der Waals surface area contributed by atoms with Crippen LogP contribution < -0.4 is 0 Å². The fourth-order valence-corrected chi connectivity index (χ4v) is 4.37. The van der Waals surface area contributed by atoms with E-state index in [0.29, 0.717) is 25.3 Å². The van der Waals surface area contributed by atoms with Gasteiger partial charge in [-0.15, -0.1) is 0 Å². The Kier molecular flexibility index (Phi) is 4.72. The van der Waals surface area contributed by atoms with Crippen LogP contribution in [0.1, 0.15) is 53.0 Å². The fourth-order valence-electron chi connectivity index (χ4n) is 4.37. The number of aryl methyl sites for hydroxylation is 4. The minimum Gasteiger partial charge on any atom is -0.361 e. The fraction of sp³-hybridized carbons (Fsp3) is 0.600. The van der Waals surface area contributed by atoms with E-state index in [1.54, 1.807) is 11.7 Å². The first-order chi connectivity index (χ1) is 13.4. The van der Waals surface area contributed by atoms with Crippen molar-refractivity contribution in [3.63, 3.8) is 0 Å². The van der Waals surface area contributed by atoms with E-state index in [1.807, 2.05) is 36.6 Å². The molecule has 0 radical (unpaired) electrons. The van der Waals surface area contributed by atoms with Crippen molar-refractivity contribution in [3.05, 3.63) is 34.5 Å². The van der Waals surface area contributed by atoms with Gasteiger partial charge in [0.1, 0.15) is 11.5 Å². The van der Waals surface area contributed by atoms with Gasteiger partial charge in [-0.05, 0) is 39.2 Å². The molecule has 5 rings (SSSR count). The van der Waals surface area contributed by atoms with Crippen LogP contribution in [0, 0.1) is 19.8 Å². The van der Waals surface area contributed by atoms with Gasteiger partial charge in [-0.25, -0.2) is 0 Å². The van der Waals surface area contributed by atoms with Crippen LogP contribution in [0.3, 0.4) is 0 Å². The lowest BCUT2D eigenvalue weighted by Crippen LogP contribution is -2.47. The molecule has 2 amide bonds. The van der Waals surface area contributed by atoms with E-state index in [1.165, 1.54) is 0 Å². The molecule has 3 fully saturated rings. The molecule has 0 unspecified atom stereocenters. The molecule has 2 aromatic heterocycles. The van der Waals surface area contributed by atoms with Crippen LogP contribution >= 0.6 is 0 Å². The SMILES string of the molecule is CCc1cc(C(=O)N2C[C@H]3CC[C@@H](C2)N(Cc2c(C)noc2C)C3=O)n(C)n1. The third-order valence-electron chi connectivity index (χ3n) is 6.10. The molecule has 8 nitrogen and oxygen atoms in total. The lowest BCUT2D eigenvalue weighted by molar-refractivity contribution is -0.140. The summed E-state index contributed by atoms with van der Waals surface area (Å²) in [5.74, 6) is 0.687. The molecule has 28 heavy (non-hydrogen) atoms. The molecule has 0 aromatic carbocycles. The number of carbonyl (C=O) groups excluding carboxylic acids is 2. The van der Waals surface area contributed by atoms with Crippen LogP contribution in [0.25, 0.3) is 0 Å². The number of hydrogen-bond donors (Lipinski definition) is 0. The number of carbonyl (C=O) groups is 2. The largest absolute Gasteiger partial charge is 0.361 e. The number of aromatic nitrogens is 3. The molecule has 8 heteroatoms. The molecule has 2 aromatic rings. The summed E-state index contributed by atoms with van der Waals surface area (Å²) in [5, 5.41) is 8.40. The standard InChI is InChI=1S/C20H27N5O3/c1-5-15-8-18(23(4)21-15)20(27)24-9-14-6-7-16(10-24)25(19(14)26)11-17-12(2)22-28-13(17)3/h8,14,16H,5-7,9-11H2,1-4H3/t14-,16+/m1/s1. The zero-order chi connectivity index (χ0) is 20.0. The summed E-state index contributed by atoms with van der Waals surface area (Å²) >= 11 is 0. The first-order valence-corrected chi connectivity index (χ1v) is 9.93. The summed E-state index contributed by atoms with van der Waals surface area (Å²) in [6.45, 7) is 7.31. The normalized spacial score (nSPS) is 22.1. The van der Waals surface area contributed by atoms with Crippen LogP contribution in [0.5, 0.6) is 0 Å². The highest BCUT2D eigenvalue weighted by Gasteiger charge is 2.42. The molecular formula is C20H27N5O3. The Bertz CT molecular complexity index is 896. The molecule has 3 aliphatic rings. The minimum absolute atomic E-state index is 0.0165. The van der Waals surface area contributed by atoms with Crippen LogP contribution in [0.4, 0.5) is 0 Å². The van der Waals surface area contributed by atoms with E-state index >= 15 is 0 Å². The molecule has 0 N–H and O–H groups in total. The van der Waals surface area contributed by atoms with Crippen molar-refractivity contribution in [1.29, 1.82) is 0 Å². The molecule has 0 saturated carbocycles. The van der Waals surface area contributed by atoms with Crippen molar-refractivity contribution in [1.82, 2.24) is 24.7 Å². The van der Waals surface area contributed by atoms with Crippen LogP contribution in [-0.4, -0.2) is 55.7 Å². The second-order valence-corrected chi connectivity index (χ2v) is 7.91. The highest BCUT2D eigenvalue weighted by molar-refractivity contribution is 5.93. The molecule has 3 saturated heterocycles. The van der Waals surface area contributed by atoms with Gasteiger partial charge in [-0.1, -0.05) is 12.1 Å². The zero-order valence-corrected chi connectivity index (χ0v) is 16.9. The monoisotopic (exact) mass is 385 g/mol. The first-order valence-electron chi connectivity index (χ1n) is 9.93. The average molecular weight is 385 g/mol. The maximum Gasteiger partial charge on any atom is 0.272 e. The lowest BCUT2D eigenvalue weighted by atomic mass is 9.93. The van der Waals surface area contributed by atoms with Gasteiger partial charge in [-0.3, -0.25) is 14.3 Å². The Labute approximate surface area is 164 Å². The van der Waals surface area contributed by atoms with Crippen molar-refractivity contribution in [2.24, 2.45) is 13.0 Å². The summed E-state index contributed by atoms with van der Waals surface area (Å²) in [4.78, 5) is 30.0. The second-order valence-electron chi connectivity index (χ2n) is 7.91. The zero-order valence-electron chi connectivity index (χ0n) is 16.9. The molecule has 3 aliphatic heterocycles. The summed E-state index contributed by atoms with van der Waals surface area (Å²) in [6, 6.07) is 1.88. The number of hydrogen-bond acceptors (Lipinski definition) is 5. The maximum absolute atomic E-state index is 13.2. The summed E-state index contributed by atoms with van der Waals surface area (Å²) in [7, 11) is 1.80. The number of nitrogens with zero attached hydrogens (tertiary/aromatic N) is 5. The van der Waals surface area contributed by atoms with Crippen LogP contribution in [0.2, 0.25) is 0 Å². The second kappa shape index (κ2) is 7.07. The summed E-state index contributed by atoms with van der Waals surface area (Å²) < 4.78 is 6.91. The molecule has 150 valence electrons. The van der Waals surface area contributed by atoms with Crippen molar-refractivity contribution < 1.29 is 14.1 Å².